The lowest BCUT2D eigenvalue weighted by atomic mass is 9.80. The Bertz CT molecular complexity index is 272. The van der Waals surface area contributed by atoms with Crippen LogP contribution in [-0.2, 0) is 4.79 Å². The van der Waals surface area contributed by atoms with Crippen LogP contribution in [0.1, 0.15) is 34.1 Å². The van der Waals surface area contributed by atoms with Crippen molar-refractivity contribution in [3.63, 3.8) is 0 Å². The highest BCUT2D eigenvalue weighted by atomic mass is 16.1. The molecule has 0 spiro atoms. The van der Waals surface area contributed by atoms with Crippen molar-refractivity contribution in [2.45, 2.75) is 40.2 Å². The summed E-state index contributed by atoms with van der Waals surface area (Å²) in [6, 6.07) is 0.473. The van der Waals surface area contributed by atoms with Crippen LogP contribution in [0.5, 0.6) is 0 Å². The Hall–Kier alpha value is -0.570. The second-order valence-electron chi connectivity index (χ2n) is 6.55. The second kappa shape index (κ2) is 4.02. The molecule has 0 aromatic rings. The molecule has 0 radical (unpaired) electrons. The van der Waals surface area contributed by atoms with Crippen LogP contribution in [0, 0.1) is 23.2 Å². The molecule has 3 unspecified atom stereocenters. The SMILES string of the molecule is CC(CC(=O)NC1C2CNCC21)C(C)(C)C. The van der Waals surface area contributed by atoms with Gasteiger partial charge < -0.3 is 10.6 Å². The van der Waals surface area contributed by atoms with Gasteiger partial charge in [0.05, 0.1) is 0 Å². The summed E-state index contributed by atoms with van der Waals surface area (Å²) in [5.41, 5.74) is 0.221. The Kier molecular flexibility index (Phi) is 2.99. The summed E-state index contributed by atoms with van der Waals surface area (Å²) in [6.45, 7) is 10.9. The lowest BCUT2D eigenvalue weighted by molar-refractivity contribution is -0.123. The quantitative estimate of drug-likeness (QED) is 0.760. The molecule has 2 rings (SSSR count). The van der Waals surface area contributed by atoms with Crippen LogP contribution in [0.25, 0.3) is 0 Å². The van der Waals surface area contributed by atoms with Crippen molar-refractivity contribution in [1.82, 2.24) is 10.6 Å². The van der Waals surface area contributed by atoms with Crippen molar-refractivity contribution in [3.05, 3.63) is 0 Å². The topological polar surface area (TPSA) is 41.1 Å². The lowest BCUT2D eigenvalue weighted by Crippen LogP contribution is -2.34. The number of hydrogen-bond acceptors (Lipinski definition) is 2. The molecule has 16 heavy (non-hydrogen) atoms. The number of hydrogen-bond donors (Lipinski definition) is 2. The van der Waals surface area contributed by atoms with E-state index in [-0.39, 0.29) is 11.3 Å². The van der Waals surface area contributed by atoms with E-state index in [0.717, 1.165) is 13.1 Å². The highest BCUT2D eigenvalue weighted by molar-refractivity contribution is 5.77. The highest BCUT2D eigenvalue weighted by Gasteiger charge is 2.53. The van der Waals surface area contributed by atoms with Crippen LogP contribution in [-0.4, -0.2) is 25.0 Å². The molecule has 1 heterocycles. The summed E-state index contributed by atoms with van der Waals surface area (Å²) >= 11 is 0. The van der Waals surface area contributed by atoms with Gasteiger partial charge in [-0.3, -0.25) is 4.79 Å². The van der Waals surface area contributed by atoms with Crippen LogP contribution in [0.4, 0.5) is 0 Å². The third-order valence-corrected chi connectivity index (χ3v) is 4.39. The molecule has 1 saturated heterocycles. The molecule has 1 aliphatic carbocycles. The molecule has 0 bridgehead atoms. The van der Waals surface area contributed by atoms with E-state index in [1.807, 2.05) is 0 Å². The molecular formula is C13H24N2O. The fraction of sp³-hybridized carbons (Fsp3) is 0.923. The smallest absolute Gasteiger partial charge is 0.220 e. The van der Waals surface area contributed by atoms with Crippen molar-refractivity contribution >= 4 is 5.91 Å². The third-order valence-electron chi connectivity index (χ3n) is 4.39. The molecule has 3 nitrogen and oxygen atoms in total. The fourth-order valence-electron chi connectivity index (χ4n) is 2.46. The van der Waals surface area contributed by atoms with Gasteiger partial charge in [0.1, 0.15) is 0 Å². The Morgan fingerprint density at radius 1 is 1.38 bits per heavy atom. The predicted octanol–water partition coefficient (Wildman–Crippen LogP) is 1.39. The fourth-order valence-corrected chi connectivity index (χ4v) is 2.46. The van der Waals surface area contributed by atoms with E-state index in [1.165, 1.54) is 0 Å². The van der Waals surface area contributed by atoms with E-state index in [1.54, 1.807) is 0 Å². The molecule has 3 atom stereocenters. The summed E-state index contributed by atoms with van der Waals surface area (Å²) in [5.74, 6) is 2.11. The molecule has 1 aliphatic heterocycles. The van der Waals surface area contributed by atoms with E-state index in [0.29, 0.717) is 30.2 Å². The molecule has 0 aromatic carbocycles. The van der Waals surface area contributed by atoms with Gasteiger partial charge in [-0.15, -0.1) is 0 Å². The van der Waals surface area contributed by atoms with Crippen molar-refractivity contribution in [1.29, 1.82) is 0 Å². The van der Waals surface area contributed by atoms with Gasteiger partial charge in [0, 0.05) is 25.6 Å². The zero-order valence-electron chi connectivity index (χ0n) is 10.8. The monoisotopic (exact) mass is 224 g/mol. The van der Waals surface area contributed by atoms with E-state index in [9.17, 15) is 4.79 Å². The predicted molar refractivity (Wildman–Crippen MR) is 65.0 cm³/mol. The van der Waals surface area contributed by atoms with Gasteiger partial charge in [0.2, 0.25) is 5.91 Å². The largest absolute Gasteiger partial charge is 0.353 e. The minimum Gasteiger partial charge on any atom is -0.353 e. The minimum absolute atomic E-state index is 0.221. The Balaban J connectivity index is 1.73. The van der Waals surface area contributed by atoms with Crippen molar-refractivity contribution in [3.8, 4) is 0 Å². The normalized spacial score (nSPS) is 34.4. The number of fused-ring (bicyclic) bond motifs is 1. The van der Waals surface area contributed by atoms with Crippen LogP contribution < -0.4 is 10.6 Å². The van der Waals surface area contributed by atoms with Gasteiger partial charge >= 0.3 is 0 Å². The maximum absolute atomic E-state index is 11.9. The van der Waals surface area contributed by atoms with Crippen LogP contribution >= 0.6 is 0 Å². The summed E-state index contributed by atoms with van der Waals surface area (Å²) < 4.78 is 0. The summed E-state index contributed by atoms with van der Waals surface area (Å²) in [5, 5.41) is 6.52. The maximum Gasteiger partial charge on any atom is 0.220 e. The van der Waals surface area contributed by atoms with Gasteiger partial charge in [-0.25, -0.2) is 0 Å². The van der Waals surface area contributed by atoms with Crippen molar-refractivity contribution in [2.24, 2.45) is 23.2 Å². The van der Waals surface area contributed by atoms with Gasteiger partial charge in [-0.2, -0.15) is 0 Å². The van der Waals surface area contributed by atoms with Gasteiger partial charge in [-0.1, -0.05) is 27.7 Å². The molecule has 3 heteroatoms. The number of nitrogens with one attached hydrogen (secondary N) is 2. The first-order chi connectivity index (χ1) is 7.39. The number of carbonyl (C=O) groups excluding carboxylic acids is 1. The number of piperidine rings is 1. The Morgan fingerprint density at radius 2 is 1.94 bits per heavy atom. The Morgan fingerprint density at radius 3 is 2.44 bits per heavy atom. The number of carbonyl (C=O) groups is 1. The summed E-state index contributed by atoms with van der Waals surface area (Å²) in [6.07, 6.45) is 0.660. The van der Waals surface area contributed by atoms with E-state index in [2.05, 4.69) is 38.3 Å². The zero-order valence-corrected chi connectivity index (χ0v) is 10.8. The average Bonchev–Trinajstić information content (AvgIpc) is 2.60. The van der Waals surface area contributed by atoms with E-state index >= 15 is 0 Å². The van der Waals surface area contributed by atoms with Crippen molar-refractivity contribution < 1.29 is 4.79 Å². The lowest BCUT2D eigenvalue weighted by Gasteiger charge is -2.26. The van der Waals surface area contributed by atoms with Crippen molar-refractivity contribution in [2.75, 3.05) is 13.1 Å². The maximum atomic E-state index is 11.9. The van der Waals surface area contributed by atoms with Gasteiger partial charge in [0.15, 0.2) is 0 Å². The first kappa shape index (κ1) is 11.9. The average molecular weight is 224 g/mol. The van der Waals surface area contributed by atoms with E-state index in [4.69, 9.17) is 0 Å². The molecule has 1 amide bonds. The highest BCUT2D eigenvalue weighted by Crippen LogP contribution is 2.41. The van der Waals surface area contributed by atoms with Gasteiger partial charge in [0.25, 0.3) is 0 Å². The van der Waals surface area contributed by atoms with Gasteiger partial charge in [-0.05, 0) is 23.2 Å². The third kappa shape index (κ3) is 2.40. The Labute approximate surface area is 98.4 Å². The summed E-state index contributed by atoms with van der Waals surface area (Å²) in [7, 11) is 0. The molecule has 2 fully saturated rings. The zero-order chi connectivity index (χ0) is 11.9. The first-order valence-electron chi connectivity index (χ1n) is 6.39. The molecule has 92 valence electrons. The molecule has 2 aliphatic rings. The van der Waals surface area contributed by atoms with E-state index < -0.39 is 0 Å². The van der Waals surface area contributed by atoms with Crippen LogP contribution in [0.3, 0.4) is 0 Å². The second-order valence-corrected chi connectivity index (χ2v) is 6.55. The number of rotatable bonds is 3. The molecule has 0 aromatic heterocycles. The molecular weight excluding hydrogens is 200 g/mol. The minimum atomic E-state index is 0.221. The van der Waals surface area contributed by atoms with Crippen LogP contribution in [0.2, 0.25) is 0 Å². The first-order valence-corrected chi connectivity index (χ1v) is 6.39. The molecule has 1 saturated carbocycles. The summed E-state index contributed by atoms with van der Waals surface area (Å²) in [4.78, 5) is 11.9. The standard InChI is InChI=1S/C13H24N2O/c1-8(13(2,3)4)5-11(16)15-12-9-6-14-7-10(9)12/h8-10,12,14H,5-7H2,1-4H3,(H,15,16). The molecule has 2 N–H and O–H groups in total. The number of amides is 1. The van der Waals surface area contributed by atoms with Crippen LogP contribution in [0.15, 0.2) is 0 Å².